The van der Waals surface area contributed by atoms with Crippen molar-refractivity contribution in [2.75, 3.05) is 19.7 Å². The summed E-state index contributed by atoms with van der Waals surface area (Å²) in [5, 5.41) is 0. The summed E-state index contributed by atoms with van der Waals surface area (Å²) in [6.07, 6.45) is -0.0235. The molecule has 0 spiro atoms. The van der Waals surface area contributed by atoms with E-state index in [9.17, 15) is 8.42 Å². The normalized spacial score (nSPS) is 23.5. The Morgan fingerprint density at radius 1 is 1.50 bits per heavy atom. The summed E-state index contributed by atoms with van der Waals surface area (Å²) in [6, 6.07) is 3.51. The van der Waals surface area contributed by atoms with E-state index in [1.165, 1.54) is 15.6 Å². The summed E-state index contributed by atoms with van der Waals surface area (Å²) in [5.74, 6) is 0. The zero-order chi connectivity index (χ0) is 11.8. The summed E-state index contributed by atoms with van der Waals surface area (Å²) in [5.41, 5.74) is 0. The number of morpholine rings is 1. The van der Waals surface area contributed by atoms with Crippen LogP contribution in [0.4, 0.5) is 0 Å². The lowest BCUT2D eigenvalue weighted by atomic mass is 10.3. The Morgan fingerprint density at radius 3 is 2.81 bits per heavy atom. The van der Waals surface area contributed by atoms with Crippen LogP contribution in [-0.2, 0) is 14.8 Å². The minimum atomic E-state index is -3.30. The average Bonchev–Trinajstić information content (AvgIpc) is 2.65. The lowest BCUT2D eigenvalue weighted by Gasteiger charge is -2.29. The SMILES string of the molecule is Cc1ccc(S(=O)(=O)N2CCO[C@@H](C)C2)s1. The first-order valence-electron chi connectivity index (χ1n) is 5.18. The van der Waals surface area contributed by atoms with E-state index in [0.29, 0.717) is 23.9 Å². The first-order chi connectivity index (χ1) is 7.50. The molecule has 0 N–H and O–H groups in total. The zero-order valence-electron chi connectivity index (χ0n) is 9.34. The van der Waals surface area contributed by atoms with Crippen LogP contribution in [0.3, 0.4) is 0 Å². The molecule has 4 nitrogen and oxygen atoms in total. The molecule has 0 aromatic carbocycles. The second kappa shape index (κ2) is 4.44. The Balaban J connectivity index is 2.25. The van der Waals surface area contributed by atoms with E-state index < -0.39 is 10.0 Å². The van der Waals surface area contributed by atoms with Gasteiger partial charge in [-0.15, -0.1) is 11.3 Å². The summed E-state index contributed by atoms with van der Waals surface area (Å²) in [6.45, 7) is 5.17. The fourth-order valence-corrected chi connectivity index (χ4v) is 4.62. The van der Waals surface area contributed by atoms with Gasteiger partial charge in [0.25, 0.3) is 10.0 Å². The number of hydrogen-bond donors (Lipinski definition) is 0. The molecule has 0 unspecified atom stereocenters. The maximum Gasteiger partial charge on any atom is 0.252 e. The molecule has 0 saturated carbocycles. The highest BCUT2D eigenvalue weighted by Gasteiger charge is 2.29. The van der Waals surface area contributed by atoms with Gasteiger partial charge in [0.15, 0.2) is 0 Å². The molecule has 0 radical (unpaired) electrons. The molecule has 1 atom stereocenters. The van der Waals surface area contributed by atoms with Gasteiger partial charge >= 0.3 is 0 Å². The van der Waals surface area contributed by atoms with Crippen molar-refractivity contribution in [3.8, 4) is 0 Å². The maximum atomic E-state index is 12.2. The van der Waals surface area contributed by atoms with Crippen molar-refractivity contribution in [3.63, 3.8) is 0 Å². The molecule has 2 rings (SSSR count). The van der Waals surface area contributed by atoms with Crippen molar-refractivity contribution in [2.45, 2.75) is 24.2 Å². The standard InChI is InChI=1S/C10H15NO3S2/c1-8-7-11(5-6-14-8)16(12,13)10-4-3-9(2)15-10/h3-4,8H,5-7H2,1-2H3/t8-/m0/s1. The van der Waals surface area contributed by atoms with Gasteiger partial charge in [-0.1, -0.05) is 0 Å². The summed E-state index contributed by atoms with van der Waals surface area (Å²) in [4.78, 5) is 1.01. The Kier molecular flexibility index (Phi) is 3.34. The zero-order valence-corrected chi connectivity index (χ0v) is 11.0. The van der Waals surface area contributed by atoms with Gasteiger partial charge in [-0.05, 0) is 26.0 Å². The van der Waals surface area contributed by atoms with E-state index in [-0.39, 0.29) is 6.10 Å². The second-order valence-electron chi connectivity index (χ2n) is 3.91. The smallest absolute Gasteiger partial charge is 0.252 e. The average molecular weight is 261 g/mol. The van der Waals surface area contributed by atoms with Gasteiger partial charge in [0.05, 0.1) is 12.7 Å². The molecule has 0 amide bonds. The minimum Gasteiger partial charge on any atom is -0.376 e. The first kappa shape index (κ1) is 12.0. The molecule has 16 heavy (non-hydrogen) atoms. The molecule has 1 aliphatic heterocycles. The lowest BCUT2D eigenvalue weighted by molar-refractivity contribution is 0.0102. The molecule has 1 aromatic heterocycles. The van der Waals surface area contributed by atoms with Crippen LogP contribution in [-0.4, -0.2) is 38.5 Å². The van der Waals surface area contributed by atoms with Crippen molar-refractivity contribution in [2.24, 2.45) is 0 Å². The predicted molar refractivity (Wildman–Crippen MR) is 63.2 cm³/mol. The van der Waals surface area contributed by atoms with Crippen molar-refractivity contribution in [1.29, 1.82) is 0 Å². The van der Waals surface area contributed by atoms with E-state index >= 15 is 0 Å². The van der Waals surface area contributed by atoms with Gasteiger partial charge in [-0.3, -0.25) is 0 Å². The third-order valence-electron chi connectivity index (χ3n) is 2.51. The third kappa shape index (κ3) is 2.29. The molecule has 0 aliphatic carbocycles. The number of thiophene rings is 1. The molecule has 1 saturated heterocycles. The minimum absolute atomic E-state index is 0.0235. The summed E-state index contributed by atoms with van der Waals surface area (Å²) >= 11 is 1.32. The monoisotopic (exact) mass is 261 g/mol. The van der Waals surface area contributed by atoms with Crippen LogP contribution in [0.1, 0.15) is 11.8 Å². The van der Waals surface area contributed by atoms with E-state index in [4.69, 9.17) is 4.74 Å². The van der Waals surface area contributed by atoms with E-state index in [2.05, 4.69) is 0 Å². The van der Waals surface area contributed by atoms with Crippen LogP contribution in [0.2, 0.25) is 0 Å². The van der Waals surface area contributed by atoms with Crippen molar-refractivity contribution >= 4 is 21.4 Å². The van der Waals surface area contributed by atoms with Gasteiger partial charge in [-0.25, -0.2) is 8.42 Å². The molecule has 90 valence electrons. The number of ether oxygens (including phenoxy) is 1. The number of aryl methyl sites for hydroxylation is 1. The van der Waals surface area contributed by atoms with E-state index in [0.717, 1.165) is 4.88 Å². The molecular weight excluding hydrogens is 246 g/mol. The largest absolute Gasteiger partial charge is 0.376 e. The number of rotatable bonds is 2. The maximum absolute atomic E-state index is 12.2. The third-order valence-corrected chi connectivity index (χ3v) is 5.85. The predicted octanol–water partition coefficient (Wildman–Crippen LogP) is 1.47. The Morgan fingerprint density at radius 2 is 2.25 bits per heavy atom. The molecule has 1 aromatic rings. The Hall–Kier alpha value is -0.430. The highest BCUT2D eigenvalue weighted by Crippen LogP contribution is 2.25. The van der Waals surface area contributed by atoms with Crippen LogP contribution in [0.15, 0.2) is 16.3 Å². The van der Waals surface area contributed by atoms with Crippen LogP contribution < -0.4 is 0 Å². The fraction of sp³-hybridized carbons (Fsp3) is 0.600. The van der Waals surface area contributed by atoms with Gasteiger partial charge in [-0.2, -0.15) is 4.31 Å². The highest BCUT2D eigenvalue weighted by molar-refractivity contribution is 7.91. The van der Waals surface area contributed by atoms with Crippen molar-refractivity contribution < 1.29 is 13.2 Å². The van der Waals surface area contributed by atoms with Crippen LogP contribution >= 0.6 is 11.3 Å². The van der Waals surface area contributed by atoms with Gasteiger partial charge in [0, 0.05) is 18.0 Å². The summed E-state index contributed by atoms with van der Waals surface area (Å²) < 4.78 is 31.7. The van der Waals surface area contributed by atoms with Gasteiger partial charge in [0.1, 0.15) is 4.21 Å². The quantitative estimate of drug-likeness (QED) is 0.810. The number of hydrogen-bond acceptors (Lipinski definition) is 4. The van der Waals surface area contributed by atoms with E-state index in [1.807, 2.05) is 19.9 Å². The molecular formula is C10H15NO3S2. The van der Waals surface area contributed by atoms with Crippen molar-refractivity contribution in [1.82, 2.24) is 4.31 Å². The topological polar surface area (TPSA) is 46.6 Å². The van der Waals surface area contributed by atoms with Gasteiger partial charge in [0.2, 0.25) is 0 Å². The Labute approximate surface area is 99.9 Å². The lowest BCUT2D eigenvalue weighted by Crippen LogP contribution is -2.44. The highest BCUT2D eigenvalue weighted by atomic mass is 32.2. The molecule has 6 heteroatoms. The first-order valence-corrected chi connectivity index (χ1v) is 7.44. The fourth-order valence-electron chi connectivity index (χ4n) is 1.68. The van der Waals surface area contributed by atoms with Crippen LogP contribution in [0.5, 0.6) is 0 Å². The van der Waals surface area contributed by atoms with Crippen molar-refractivity contribution in [3.05, 3.63) is 17.0 Å². The number of sulfonamides is 1. The second-order valence-corrected chi connectivity index (χ2v) is 7.36. The van der Waals surface area contributed by atoms with E-state index in [1.54, 1.807) is 6.07 Å². The molecule has 2 heterocycles. The number of nitrogens with zero attached hydrogens (tertiary/aromatic N) is 1. The molecule has 0 bridgehead atoms. The molecule has 1 fully saturated rings. The Bertz CT molecular complexity index is 466. The van der Waals surface area contributed by atoms with Crippen LogP contribution in [0, 0.1) is 6.92 Å². The van der Waals surface area contributed by atoms with Gasteiger partial charge < -0.3 is 4.74 Å². The molecule has 1 aliphatic rings. The summed E-state index contributed by atoms with van der Waals surface area (Å²) in [7, 11) is -3.30. The van der Waals surface area contributed by atoms with Crippen LogP contribution in [0.25, 0.3) is 0 Å².